The largest absolute Gasteiger partial charge is 0.393 e. The summed E-state index contributed by atoms with van der Waals surface area (Å²) in [7, 11) is 0. The summed E-state index contributed by atoms with van der Waals surface area (Å²) in [6.45, 7) is 6.06. The minimum Gasteiger partial charge on any atom is -0.393 e. The van der Waals surface area contributed by atoms with Crippen molar-refractivity contribution < 1.29 is 5.11 Å². The molecular weight excluding hydrogens is 174 g/mol. The van der Waals surface area contributed by atoms with Crippen LogP contribution in [-0.2, 0) is 6.42 Å². The van der Waals surface area contributed by atoms with Crippen LogP contribution in [0.3, 0.4) is 0 Å². The Balaban J connectivity index is 2.42. The maximum absolute atomic E-state index is 9.62. The number of aliphatic hydroxyl groups is 1. The highest BCUT2D eigenvalue weighted by atomic mass is 16.3. The molecule has 0 aromatic carbocycles. The molecule has 0 amide bonds. The molecule has 0 spiro atoms. The summed E-state index contributed by atoms with van der Waals surface area (Å²) in [5.41, 5.74) is 2.24. The molecule has 0 aliphatic carbocycles. The van der Waals surface area contributed by atoms with Gasteiger partial charge in [-0.1, -0.05) is 19.9 Å². The van der Waals surface area contributed by atoms with Crippen LogP contribution in [-0.4, -0.2) is 16.2 Å². The van der Waals surface area contributed by atoms with E-state index < -0.39 is 0 Å². The van der Waals surface area contributed by atoms with E-state index in [9.17, 15) is 5.11 Å². The zero-order valence-corrected chi connectivity index (χ0v) is 9.20. The Hall–Kier alpha value is -0.890. The summed E-state index contributed by atoms with van der Waals surface area (Å²) < 4.78 is 0. The molecule has 0 fully saturated rings. The van der Waals surface area contributed by atoms with Gasteiger partial charge in [0.15, 0.2) is 0 Å². The van der Waals surface area contributed by atoms with Crippen molar-refractivity contribution in [1.29, 1.82) is 0 Å². The van der Waals surface area contributed by atoms with Gasteiger partial charge in [-0.25, -0.2) is 0 Å². The number of aliphatic hydroxyl groups excluding tert-OH is 1. The molecule has 1 N–H and O–H groups in total. The minimum absolute atomic E-state index is 0.198. The van der Waals surface area contributed by atoms with Crippen molar-refractivity contribution in [2.75, 3.05) is 0 Å². The Labute approximate surface area is 86.0 Å². The second-order valence-electron chi connectivity index (χ2n) is 4.16. The zero-order chi connectivity index (χ0) is 10.6. The van der Waals surface area contributed by atoms with Crippen LogP contribution in [0.2, 0.25) is 0 Å². The highest BCUT2D eigenvalue weighted by molar-refractivity contribution is 5.13. The van der Waals surface area contributed by atoms with Crippen LogP contribution in [0.15, 0.2) is 18.3 Å². The van der Waals surface area contributed by atoms with E-state index in [1.54, 1.807) is 0 Å². The van der Waals surface area contributed by atoms with Gasteiger partial charge in [0.2, 0.25) is 0 Å². The lowest BCUT2D eigenvalue weighted by Crippen LogP contribution is -2.15. The fourth-order valence-electron chi connectivity index (χ4n) is 1.29. The first kappa shape index (κ1) is 11.2. The lowest BCUT2D eigenvalue weighted by molar-refractivity contribution is 0.116. The van der Waals surface area contributed by atoms with Crippen molar-refractivity contribution >= 4 is 0 Å². The average molecular weight is 193 g/mol. The molecule has 1 rings (SSSR count). The van der Waals surface area contributed by atoms with Crippen LogP contribution < -0.4 is 0 Å². The first-order valence-electron chi connectivity index (χ1n) is 5.19. The molecule has 0 radical (unpaired) electrons. The van der Waals surface area contributed by atoms with Gasteiger partial charge in [0.25, 0.3) is 0 Å². The number of nitrogens with zero attached hydrogens (tertiary/aromatic N) is 1. The summed E-state index contributed by atoms with van der Waals surface area (Å²) in [5.74, 6) is 0.341. The third-order valence-electron chi connectivity index (χ3n) is 2.47. The Morgan fingerprint density at radius 1 is 1.36 bits per heavy atom. The van der Waals surface area contributed by atoms with Crippen molar-refractivity contribution in [1.82, 2.24) is 4.98 Å². The number of rotatable bonds is 4. The zero-order valence-electron chi connectivity index (χ0n) is 9.20. The van der Waals surface area contributed by atoms with Gasteiger partial charge < -0.3 is 5.11 Å². The number of aromatic nitrogens is 1. The lowest BCUT2D eigenvalue weighted by Gasteiger charge is -2.13. The van der Waals surface area contributed by atoms with Gasteiger partial charge in [0, 0.05) is 11.9 Å². The summed E-state index contributed by atoms with van der Waals surface area (Å²) >= 11 is 0. The molecule has 0 aliphatic rings. The average Bonchev–Trinajstić information content (AvgIpc) is 2.16. The molecule has 78 valence electrons. The molecule has 14 heavy (non-hydrogen) atoms. The Morgan fingerprint density at radius 2 is 2.07 bits per heavy atom. The molecule has 0 saturated heterocycles. The maximum atomic E-state index is 9.62. The monoisotopic (exact) mass is 193 g/mol. The van der Waals surface area contributed by atoms with Gasteiger partial charge in [-0.15, -0.1) is 0 Å². The van der Waals surface area contributed by atoms with Crippen LogP contribution in [0.5, 0.6) is 0 Å². The topological polar surface area (TPSA) is 33.1 Å². The SMILES string of the molecule is Cc1ccc(CCC(O)C(C)C)cn1. The van der Waals surface area contributed by atoms with Crippen LogP contribution in [0, 0.1) is 12.8 Å². The number of hydrogen-bond donors (Lipinski definition) is 1. The summed E-state index contributed by atoms with van der Waals surface area (Å²) in [4.78, 5) is 4.22. The van der Waals surface area contributed by atoms with Crippen molar-refractivity contribution in [2.24, 2.45) is 5.92 Å². The van der Waals surface area contributed by atoms with Gasteiger partial charge in [0.1, 0.15) is 0 Å². The number of pyridine rings is 1. The molecule has 1 aromatic rings. The Kier molecular flexibility index (Phi) is 4.08. The normalized spacial score (nSPS) is 13.2. The fourth-order valence-corrected chi connectivity index (χ4v) is 1.29. The van der Waals surface area contributed by atoms with Crippen LogP contribution >= 0.6 is 0 Å². The summed E-state index contributed by atoms with van der Waals surface area (Å²) in [6, 6.07) is 4.09. The minimum atomic E-state index is -0.198. The van der Waals surface area contributed by atoms with Crippen molar-refractivity contribution in [3.05, 3.63) is 29.6 Å². The van der Waals surface area contributed by atoms with Crippen molar-refractivity contribution in [3.63, 3.8) is 0 Å². The quantitative estimate of drug-likeness (QED) is 0.796. The van der Waals surface area contributed by atoms with Crippen molar-refractivity contribution in [3.8, 4) is 0 Å². The smallest absolute Gasteiger partial charge is 0.0566 e. The third-order valence-corrected chi connectivity index (χ3v) is 2.47. The van der Waals surface area contributed by atoms with E-state index >= 15 is 0 Å². The summed E-state index contributed by atoms with van der Waals surface area (Å²) in [6.07, 6.45) is 3.42. The number of hydrogen-bond acceptors (Lipinski definition) is 2. The van der Waals surface area contributed by atoms with E-state index in [0.717, 1.165) is 18.5 Å². The van der Waals surface area contributed by atoms with E-state index in [1.807, 2.05) is 33.0 Å². The molecule has 0 bridgehead atoms. The van der Waals surface area contributed by atoms with Gasteiger partial charge in [-0.3, -0.25) is 4.98 Å². The standard InChI is InChI=1S/C12H19NO/c1-9(2)12(14)7-6-11-5-4-10(3)13-8-11/h4-5,8-9,12,14H,6-7H2,1-3H3. The molecule has 1 atom stereocenters. The van der Waals surface area contributed by atoms with E-state index in [2.05, 4.69) is 11.1 Å². The molecule has 0 saturated carbocycles. The Morgan fingerprint density at radius 3 is 2.57 bits per heavy atom. The van der Waals surface area contributed by atoms with Gasteiger partial charge in [0.05, 0.1) is 6.10 Å². The second-order valence-corrected chi connectivity index (χ2v) is 4.16. The fraction of sp³-hybridized carbons (Fsp3) is 0.583. The predicted molar refractivity (Wildman–Crippen MR) is 58.1 cm³/mol. The highest BCUT2D eigenvalue weighted by Crippen LogP contribution is 2.10. The molecule has 1 unspecified atom stereocenters. The molecule has 1 aromatic heterocycles. The molecular formula is C12H19NO. The predicted octanol–water partition coefficient (Wildman–Crippen LogP) is 2.34. The molecule has 1 heterocycles. The van der Waals surface area contributed by atoms with Crippen molar-refractivity contribution in [2.45, 2.75) is 39.7 Å². The van der Waals surface area contributed by atoms with Crippen LogP contribution in [0.1, 0.15) is 31.5 Å². The van der Waals surface area contributed by atoms with E-state index in [-0.39, 0.29) is 6.10 Å². The second kappa shape index (κ2) is 5.11. The van der Waals surface area contributed by atoms with Crippen LogP contribution in [0.4, 0.5) is 0 Å². The first-order chi connectivity index (χ1) is 6.59. The maximum Gasteiger partial charge on any atom is 0.0566 e. The third kappa shape index (κ3) is 3.46. The highest BCUT2D eigenvalue weighted by Gasteiger charge is 2.08. The van der Waals surface area contributed by atoms with E-state index in [0.29, 0.717) is 5.92 Å². The first-order valence-corrected chi connectivity index (χ1v) is 5.19. The summed E-state index contributed by atoms with van der Waals surface area (Å²) in [5, 5.41) is 9.62. The van der Waals surface area contributed by atoms with E-state index in [4.69, 9.17) is 0 Å². The van der Waals surface area contributed by atoms with Gasteiger partial charge >= 0.3 is 0 Å². The molecule has 2 heteroatoms. The van der Waals surface area contributed by atoms with Crippen LogP contribution in [0.25, 0.3) is 0 Å². The number of aryl methyl sites for hydroxylation is 2. The molecule has 2 nitrogen and oxygen atoms in total. The Bertz CT molecular complexity index is 266. The van der Waals surface area contributed by atoms with Gasteiger partial charge in [-0.2, -0.15) is 0 Å². The van der Waals surface area contributed by atoms with Gasteiger partial charge in [-0.05, 0) is 37.3 Å². The lowest BCUT2D eigenvalue weighted by atomic mass is 10.0. The van der Waals surface area contributed by atoms with E-state index in [1.165, 1.54) is 5.56 Å². The molecule has 0 aliphatic heterocycles.